The first kappa shape index (κ1) is 16.7. The van der Waals surface area contributed by atoms with Crippen LogP contribution in [-0.2, 0) is 14.6 Å². The highest BCUT2D eigenvalue weighted by molar-refractivity contribution is 7.90. The lowest BCUT2D eigenvalue weighted by Crippen LogP contribution is -2.49. The van der Waals surface area contributed by atoms with E-state index in [9.17, 15) is 13.2 Å². The number of hydrogen-bond donors (Lipinski definition) is 0. The molecule has 0 atom stereocenters. The third kappa shape index (κ3) is 4.43. The second kappa shape index (κ2) is 6.64. The van der Waals surface area contributed by atoms with E-state index in [1.807, 2.05) is 18.7 Å². The fraction of sp³-hybridized carbons (Fsp3) is 0.769. The van der Waals surface area contributed by atoms with Crippen LogP contribution in [0.4, 0.5) is 6.01 Å². The molecule has 0 spiro atoms. The summed E-state index contributed by atoms with van der Waals surface area (Å²) in [6, 6.07) is 0.479. The molecule has 0 radical (unpaired) electrons. The molecule has 1 fully saturated rings. The molecule has 9 heteroatoms. The second-order valence-electron chi connectivity index (χ2n) is 5.83. The molecule has 1 aromatic rings. The normalized spacial score (nSPS) is 16.4. The van der Waals surface area contributed by atoms with E-state index in [1.54, 1.807) is 4.90 Å². The standard InChI is InChI=1S/C13H22N4O4S/c1-10(2)12-14-15-13(21-12)17-7-5-16(6-8-17)11(18)4-9-22(3,19)20/h10H,4-9H2,1-3H3. The molecule has 0 unspecified atom stereocenters. The Morgan fingerprint density at radius 2 is 1.86 bits per heavy atom. The van der Waals surface area contributed by atoms with E-state index in [-0.39, 0.29) is 24.0 Å². The van der Waals surface area contributed by atoms with E-state index in [0.717, 1.165) is 6.26 Å². The van der Waals surface area contributed by atoms with Crippen molar-refractivity contribution in [2.45, 2.75) is 26.2 Å². The first-order valence-electron chi connectivity index (χ1n) is 7.30. The van der Waals surface area contributed by atoms with Gasteiger partial charge in [-0.3, -0.25) is 4.79 Å². The van der Waals surface area contributed by atoms with Gasteiger partial charge in [-0.2, -0.15) is 0 Å². The summed E-state index contributed by atoms with van der Waals surface area (Å²) in [7, 11) is -3.11. The van der Waals surface area contributed by atoms with Crippen LogP contribution in [0.25, 0.3) is 0 Å². The molecule has 1 aliphatic heterocycles. The Bertz CT molecular complexity index is 618. The highest BCUT2D eigenvalue weighted by atomic mass is 32.2. The largest absolute Gasteiger partial charge is 0.408 e. The number of carbonyl (C=O) groups is 1. The Morgan fingerprint density at radius 3 is 2.36 bits per heavy atom. The molecule has 2 rings (SSSR count). The number of nitrogens with zero attached hydrogens (tertiary/aromatic N) is 4. The minimum atomic E-state index is -3.11. The van der Waals surface area contributed by atoms with Gasteiger partial charge in [-0.05, 0) is 0 Å². The SMILES string of the molecule is CC(C)c1nnc(N2CCN(C(=O)CCS(C)(=O)=O)CC2)o1. The van der Waals surface area contributed by atoms with Gasteiger partial charge in [-0.25, -0.2) is 8.42 Å². The van der Waals surface area contributed by atoms with Gasteiger partial charge in [0.05, 0.1) is 5.75 Å². The van der Waals surface area contributed by atoms with Crippen molar-refractivity contribution in [2.75, 3.05) is 43.1 Å². The molecule has 1 aliphatic rings. The van der Waals surface area contributed by atoms with Crippen molar-refractivity contribution in [3.8, 4) is 0 Å². The number of sulfone groups is 1. The molecule has 124 valence electrons. The number of rotatable bonds is 5. The predicted octanol–water partition coefficient (Wildman–Crippen LogP) is 0.276. The maximum Gasteiger partial charge on any atom is 0.318 e. The molecule has 1 saturated heterocycles. The van der Waals surface area contributed by atoms with E-state index in [0.29, 0.717) is 38.1 Å². The Labute approximate surface area is 130 Å². The third-order valence-corrected chi connectivity index (χ3v) is 4.46. The lowest BCUT2D eigenvalue weighted by molar-refractivity contribution is -0.131. The van der Waals surface area contributed by atoms with Crippen molar-refractivity contribution < 1.29 is 17.6 Å². The van der Waals surface area contributed by atoms with Crippen molar-refractivity contribution in [1.29, 1.82) is 0 Å². The molecular weight excluding hydrogens is 308 g/mol. The molecular formula is C13H22N4O4S. The van der Waals surface area contributed by atoms with Gasteiger partial charge in [-0.15, -0.1) is 5.10 Å². The highest BCUT2D eigenvalue weighted by Crippen LogP contribution is 2.19. The minimum absolute atomic E-state index is 0.0386. The van der Waals surface area contributed by atoms with Gasteiger partial charge in [0, 0.05) is 44.8 Å². The number of amides is 1. The Kier molecular flexibility index (Phi) is 5.05. The summed E-state index contributed by atoms with van der Waals surface area (Å²) in [5.74, 6) is 0.549. The van der Waals surface area contributed by atoms with Gasteiger partial charge in [0.25, 0.3) is 0 Å². The fourth-order valence-electron chi connectivity index (χ4n) is 2.17. The Morgan fingerprint density at radius 1 is 1.23 bits per heavy atom. The van der Waals surface area contributed by atoms with Gasteiger partial charge >= 0.3 is 6.01 Å². The first-order chi connectivity index (χ1) is 10.3. The molecule has 2 heterocycles. The average Bonchev–Trinajstić information content (AvgIpc) is 2.94. The van der Waals surface area contributed by atoms with Crippen LogP contribution in [0.2, 0.25) is 0 Å². The van der Waals surface area contributed by atoms with Gasteiger partial charge in [0.1, 0.15) is 9.84 Å². The summed E-state index contributed by atoms with van der Waals surface area (Å²) in [5.41, 5.74) is 0. The molecule has 1 aromatic heterocycles. The predicted molar refractivity (Wildman–Crippen MR) is 81.5 cm³/mol. The lowest BCUT2D eigenvalue weighted by Gasteiger charge is -2.33. The molecule has 0 aliphatic carbocycles. The van der Waals surface area contributed by atoms with E-state index in [4.69, 9.17) is 4.42 Å². The molecule has 0 N–H and O–H groups in total. The zero-order chi connectivity index (χ0) is 16.3. The molecule has 22 heavy (non-hydrogen) atoms. The number of piperazine rings is 1. The zero-order valence-corrected chi connectivity index (χ0v) is 14.0. The fourth-order valence-corrected chi connectivity index (χ4v) is 2.71. The smallest absolute Gasteiger partial charge is 0.318 e. The number of carbonyl (C=O) groups excluding carboxylic acids is 1. The van der Waals surface area contributed by atoms with Crippen molar-refractivity contribution in [3.05, 3.63) is 5.89 Å². The molecule has 0 saturated carbocycles. The third-order valence-electron chi connectivity index (χ3n) is 3.51. The average molecular weight is 330 g/mol. The zero-order valence-electron chi connectivity index (χ0n) is 13.2. The summed E-state index contributed by atoms with van der Waals surface area (Å²) in [5, 5.41) is 8.02. The number of hydrogen-bond acceptors (Lipinski definition) is 7. The van der Waals surface area contributed by atoms with Crippen LogP contribution < -0.4 is 4.90 Å². The maximum absolute atomic E-state index is 12.0. The molecule has 1 amide bonds. The quantitative estimate of drug-likeness (QED) is 0.764. The topological polar surface area (TPSA) is 96.6 Å². The van der Waals surface area contributed by atoms with Crippen LogP contribution in [0.15, 0.2) is 4.42 Å². The van der Waals surface area contributed by atoms with E-state index < -0.39 is 9.84 Å². The van der Waals surface area contributed by atoms with E-state index in [2.05, 4.69) is 10.2 Å². The monoisotopic (exact) mass is 330 g/mol. The highest BCUT2D eigenvalue weighted by Gasteiger charge is 2.25. The second-order valence-corrected chi connectivity index (χ2v) is 8.09. The lowest BCUT2D eigenvalue weighted by atomic mass is 10.2. The maximum atomic E-state index is 12.0. The van der Waals surface area contributed by atoms with Crippen LogP contribution >= 0.6 is 0 Å². The van der Waals surface area contributed by atoms with Gasteiger partial charge in [0.2, 0.25) is 11.8 Å². The van der Waals surface area contributed by atoms with E-state index >= 15 is 0 Å². The van der Waals surface area contributed by atoms with Gasteiger partial charge in [-0.1, -0.05) is 18.9 Å². The molecule has 0 aromatic carbocycles. The Hall–Kier alpha value is -1.64. The van der Waals surface area contributed by atoms with Crippen molar-refractivity contribution >= 4 is 21.8 Å². The summed E-state index contributed by atoms with van der Waals surface area (Å²) < 4.78 is 27.8. The Balaban J connectivity index is 1.85. The summed E-state index contributed by atoms with van der Waals surface area (Å²) in [6.45, 7) is 6.23. The van der Waals surface area contributed by atoms with Crippen LogP contribution in [-0.4, -0.2) is 67.6 Å². The van der Waals surface area contributed by atoms with Gasteiger partial charge in [0.15, 0.2) is 0 Å². The molecule has 8 nitrogen and oxygen atoms in total. The van der Waals surface area contributed by atoms with Crippen LogP contribution in [0, 0.1) is 0 Å². The van der Waals surface area contributed by atoms with Gasteiger partial charge < -0.3 is 14.2 Å². The first-order valence-corrected chi connectivity index (χ1v) is 9.36. The van der Waals surface area contributed by atoms with Crippen LogP contribution in [0.1, 0.15) is 32.1 Å². The summed E-state index contributed by atoms with van der Waals surface area (Å²) in [6.07, 6.45) is 1.18. The van der Waals surface area contributed by atoms with Crippen LogP contribution in [0.5, 0.6) is 0 Å². The summed E-state index contributed by atoms with van der Waals surface area (Å²) >= 11 is 0. The van der Waals surface area contributed by atoms with E-state index in [1.165, 1.54) is 0 Å². The number of anilines is 1. The minimum Gasteiger partial charge on any atom is -0.408 e. The van der Waals surface area contributed by atoms with Crippen molar-refractivity contribution in [3.63, 3.8) is 0 Å². The number of aromatic nitrogens is 2. The molecule has 0 bridgehead atoms. The van der Waals surface area contributed by atoms with Crippen molar-refractivity contribution in [2.24, 2.45) is 0 Å². The van der Waals surface area contributed by atoms with Crippen LogP contribution in [0.3, 0.4) is 0 Å². The van der Waals surface area contributed by atoms with Crippen molar-refractivity contribution in [1.82, 2.24) is 15.1 Å². The summed E-state index contributed by atoms with van der Waals surface area (Å²) in [4.78, 5) is 15.6.